The van der Waals surface area contributed by atoms with Crippen LogP contribution in [0.1, 0.15) is 19.3 Å². The summed E-state index contributed by atoms with van der Waals surface area (Å²) in [5.41, 5.74) is 5.42. The van der Waals surface area contributed by atoms with Gasteiger partial charge in [0.05, 0.1) is 5.84 Å². The van der Waals surface area contributed by atoms with Crippen LogP contribution < -0.4 is 5.73 Å². The summed E-state index contributed by atoms with van der Waals surface area (Å²) in [6, 6.07) is 0. The maximum atomic E-state index is 5.42. The summed E-state index contributed by atoms with van der Waals surface area (Å²) < 4.78 is 0. The zero-order valence-electron chi connectivity index (χ0n) is 7.21. The van der Waals surface area contributed by atoms with Crippen LogP contribution in [0.2, 0.25) is 0 Å². The Morgan fingerprint density at radius 3 is 3.09 bits per heavy atom. The fraction of sp³-hybridized carbons (Fsp3) is 0.875. The summed E-state index contributed by atoms with van der Waals surface area (Å²) in [4.78, 5) is 6.67. The number of nitrogens with zero attached hydrogens (tertiary/aromatic N) is 2. The molecule has 0 atom stereocenters. The molecular formula is C8H17N3. The summed E-state index contributed by atoms with van der Waals surface area (Å²) in [6.07, 6.45) is 3.30. The highest BCUT2D eigenvalue weighted by Crippen LogP contribution is 2.04. The van der Waals surface area contributed by atoms with Crippen LogP contribution in [-0.4, -0.2) is 37.4 Å². The van der Waals surface area contributed by atoms with E-state index in [4.69, 9.17) is 5.73 Å². The third-order valence-corrected chi connectivity index (χ3v) is 1.99. The maximum Gasteiger partial charge on any atom is 0.0986 e. The van der Waals surface area contributed by atoms with Gasteiger partial charge in [0.2, 0.25) is 0 Å². The van der Waals surface area contributed by atoms with Gasteiger partial charge in [-0.05, 0) is 19.4 Å². The molecule has 3 heteroatoms. The lowest BCUT2D eigenvalue weighted by Crippen LogP contribution is -2.32. The van der Waals surface area contributed by atoms with Crippen molar-refractivity contribution in [2.45, 2.75) is 19.3 Å². The van der Waals surface area contributed by atoms with E-state index in [0.717, 1.165) is 32.5 Å². The van der Waals surface area contributed by atoms with Crippen LogP contribution in [0.15, 0.2) is 4.99 Å². The second kappa shape index (κ2) is 4.34. The zero-order valence-corrected chi connectivity index (χ0v) is 7.21. The minimum Gasteiger partial charge on any atom is -0.363 e. The largest absolute Gasteiger partial charge is 0.363 e. The second-order valence-electron chi connectivity index (χ2n) is 2.97. The van der Waals surface area contributed by atoms with E-state index in [2.05, 4.69) is 16.9 Å². The smallest absolute Gasteiger partial charge is 0.0986 e. The Bertz CT molecular complexity index is 142. The van der Waals surface area contributed by atoms with Crippen LogP contribution in [0.25, 0.3) is 0 Å². The maximum absolute atomic E-state index is 5.42. The van der Waals surface area contributed by atoms with Gasteiger partial charge >= 0.3 is 0 Å². The molecule has 64 valence electrons. The molecule has 0 saturated heterocycles. The number of hydrogen-bond donors (Lipinski definition) is 1. The molecule has 11 heavy (non-hydrogen) atoms. The molecule has 0 unspecified atom stereocenters. The number of aliphatic imine (C=N–C) groups is 1. The van der Waals surface area contributed by atoms with Gasteiger partial charge in [0.15, 0.2) is 0 Å². The minimum atomic E-state index is 0.771. The molecule has 1 aliphatic rings. The Kier molecular flexibility index (Phi) is 3.36. The van der Waals surface area contributed by atoms with Crippen molar-refractivity contribution in [3.63, 3.8) is 0 Å². The molecule has 0 saturated carbocycles. The highest BCUT2D eigenvalue weighted by molar-refractivity contribution is 5.82. The Morgan fingerprint density at radius 2 is 2.45 bits per heavy atom. The van der Waals surface area contributed by atoms with Crippen LogP contribution in [0.4, 0.5) is 0 Å². The van der Waals surface area contributed by atoms with E-state index < -0.39 is 0 Å². The average molecular weight is 155 g/mol. The van der Waals surface area contributed by atoms with Crippen molar-refractivity contribution < 1.29 is 0 Å². The highest BCUT2D eigenvalue weighted by Gasteiger charge is 2.08. The van der Waals surface area contributed by atoms with E-state index in [1.807, 2.05) is 0 Å². The average Bonchev–Trinajstić information content (AvgIpc) is 2.03. The first-order chi connectivity index (χ1) is 5.34. The normalized spacial score (nSPS) is 18.4. The summed E-state index contributed by atoms with van der Waals surface area (Å²) >= 11 is 0. The Hall–Kier alpha value is -0.570. The highest BCUT2D eigenvalue weighted by atomic mass is 15.2. The Morgan fingerprint density at radius 1 is 1.64 bits per heavy atom. The third kappa shape index (κ3) is 2.50. The van der Waals surface area contributed by atoms with Crippen LogP contribution in [0.5, 0.6) is 0 Å². The fourth-order valence-corrected chi connectivity index (χ4v) is 1.30. The van der Waals surface area contributed by atoms with Gasteiger partial charge in [-0.1, -0.05) is 0 Å². The predicted octanol–water partition coefficient (Wildman–Crippen LogP) is 0.459. The first kappa shape index (κ1) is 8.53. The van der Waals surface area contributed by atoms with Gasteiger partial charge in [-0.2, -0.15) is 0 Å². The summed E-state index contributed by atoms with van der Waals surface area (Å²) in [5, 5.41) is 0. The lowest BCUT2D eigenvalue weighted by Gasteiger charge is -2.24. The van der Waals surface area contributed by atoms with Crippen molar-refractivity contribution in [2.24, 2.45) is 10.7 Å². The summed E-state index contributed by atoms with van der Waals surface area (Å²) in [5.74, 6) is 1.24. The predicted molar refractivity (Wildman–Crippen MR) is 47.8 cm³/mol. The summed E-state index contributed by atoms with van der Waals surface area (Å²) in [6.45, 7) is 2.93. The zero-order chi connectivity index (χ0) is 8.10. The molecule has 0 aromatic carbocycles. The third-order valence-electron chi connectivity index (χ3n) is 1.99. The molecular weight excluding hydrogens is 138 g/mol. The quantitative estimate of drug-likeness (QED) is 0.643. The molecule has 1 heterocycles. The molecule has 1 rings (SSSR count). The van der Waals surface area contributed by atoms with Gasteiger partial charge in [0.1, 0.15) is 0 Å². The monoisotopic (exact) mass is 155 g/mol. The molecule has 2 N–H and O–H groups in total. The standard InChI is InChI=1S/C8H17N3/c1-11-7-3-6-10-8(11)4-2-5-9/h2-7,9H2,1H3. The second-order valence-corrected chi connectivity index (χ2v) is 2.97. The van der Waals surface area contributed by atoms with E-state index in [0.29, 0.717) is 0 Å². The van der Waals surface area contributed by atoms with Crippen LogP contribution in [0.3, 0.4) is 0 Å². The van der Waals surface area contributed by atoms with Gasteiger partial charge < -0.3 is 10.6 Å². The molecule has 0 aromatic heterocycles. The number of hydrogen-bond acceptors (Lipinski definition) is 3. The van der Waals surface area contributed by atoms with Crippen molar-refractivity contribution in [3.8, 4) is 0 Å². The minimum absolute atomic E-state index is 0.771. The van der Waals surface area contributed by atoms with Crippen LogP contribution >= 0.6 is 0 Å². The van der Waals surface area contributed by atoms with Gasteiger partial charge in [0, 0.05) is 26.6 Å². The summed E-state index contributed by atoms with van der Waals surface area (Å²) in [7, 11) is 2.11. The van der Waals surface area contributed by atoms with E-state index in [1.165, 1.54) is 12.3 Å². The van der Waals surface area contributed by atoms with Crippen molar-refractivity contribution in [2.75, 3.05) is 26.7 Å². The van der Waals surface area contributed by atoms with Gasteiger partial charge in [-0.25, -0.2) is 0 Å². The SMILES string of the molecule is CN1CCCN=C1CCCN. The topological polar surface area (TPSA) is 41.6 Å². The van der Waals surface area contributed by atoms with E-state index in [-0.39, 0.29) is 0 Å². The first-order valence-corrected chi connectivity index (χ1v) is 4.29. The van der Waals surface area contributed by atoms with Crippen molar-refractivity contribution >= 4 is 5.84 Å². The van der Waals surface area contributed by atoms with Gasteiger partial charge in [-0.15, -0.1) is 0 Å². The number of rotatable bonds is 3. The molecule has 0 spiro atoms. The lowest BCUT2D eigenvalue weighted by atomic mass is 10.2. The molecule has 3 nitrogen and oxygen atoms in total. The fourth-order valence-electron chi connectivity index (χ4n) is 1.30. The Labute approximate surface area is 68.3 Å². The molecule has 1 aliphatic heterocycles. The van der Waals surface area contributed by atoms with E-state index >= 15 is 0 Å². The van der Waals surface area contributed by atoms with E-state index in [9.17, 15) is 0 Å². The Balaban J connectivity index is 2.34. The number of amidine groups is 1. The molecule has 0 fully saturated rings. The molecule has 0 bridgehead atoms. The van der Waals surface area contributed by atoms with Crippen LogP contribution in [0, 0.1) is 0 Å². The molecule has 0 radical (unpaired) electrons. The number of nitrogens with two attached hydrogens (primary N) is 1. The van der Waals surface area contributed by atoms with Crippen molar-refractivity contribution in [3.05, 3.63) is 0 Å². The van der Waals surface area contributed by atoms with Gasteiger partial charge in [0.25, 0.3) is 0 Å². The van der Waals surface area contributed by atoms with E-state index in [1.54, 1.807) is 0 Å². The lowest BCUT2D eigenvalue weighted by molar-refractivity contribution is 0.454. The van der Waals surface area contributed by atoms with Crippen LogP contribution in [-0.2, 0) is 0 Å². The van der Waals surface area contributed by atoms with Gasteiger partial charge in [-0.3, -0.25) is 4.99 Å². The molecule has 0 aliphatic carbocycles. The van der Waals surface area contributed by atoms with Crippen molar-refractivity contribution in [1.29, 1.82) is 0 Å². The molecule has 0 amide bonds. The van der Waals surface area contributed by atoms with Crippen molar-refractivity contribution in [1.82, 2.24) is 4.90 Å². The first-order valence-electron chi connectivity index (χ1n) is 4.29. The molecule has 0 aromatic rings.